The number of aryl methyl sites for hydroxylation is 1. The minimum absolute atomic E-state index is 0.0125. The maximum absolute atomic E-state index is 12.1. The van der Waals surface area contributed by atoms with E-state index in [1.165, 1.54) is 0 Å². The Labute approximate surface area is 153 Å². The summed E-state index contributed by atoms with van der Waals surface area (Å²) in [5, 5.41) is 7.03. The molecule has 26 heavy (non-hydrogen) atoms. The second kappa shape index (κ2) is 7.17. The van der Waals surface area contributed by atoms with Gasteiger partial charge in [0, 0.05) is 45.6 Å². The molecule has 0 aromatic carbocycles. The number of hydrogen-bond donors (Lipinski definition) is 1. The molecule has 4 rings (SSSR count). The highest BCUT2D eigenvalue weighted by atomic mass is 16.5. The van der Waals surface area contributed by atoms with Gasteiger partial charge in [-0.05, 0) is 30.9 Å². The van der Waals surface area contributed by atoms with E-state index >= 15 is 0 Å². The third-order valence-corrected chi connectivity index (χ3v) is 5.29. The van der Waals surface area contributed by atoms with Gasteiger partial charge in [-0.3, -0.25) is 19.4 Å². The van der Waals surface area contributed by atoms with Crippen LogP contribution in [0.4, 0.5) is 0 Å². The van der Waals surface area contributed by atoms with Gasteiger partial charge < -0.3 is 10.1 Å². The largest absolute Gasteiger partial charge is 0.372 e. The molecular weight excluding hydrogens is 330 g/mol. The number of hydrogen-bond acceptors (Lipinski definition) is 5. The van der Waals surface area contributed by atoms with E-state index in [9.17, 15) is 4.79 Å². The van der Waals surface area contributed by atoms with Crippen LogP contribution in [0.2, 0.25) is 0 Å². The first-order valence-electron chi connectivity index (χ1n) is 9.15. The SMILES string of the molecule is Cn1cc(C(=O)NCC2CCC3(CN(Cc4ccccn4)C3)OC2)cn1. The van der Waals surface area contributed by atoms with Crippen molar-refractivity contribution < 1.29 is 9.53 Å². The molecule has 0 aliphatic carbocycles. The number of likely N-dealkylation sites (tertiary alicyclic amines) is 1. The fraction of sp³-hybridized carbons (Fsp3) is 0.526. The van der Waals surface area contributed by atoms with Crippen molar-refractivity contribution in [2.45, 2.75) is 25.0 Å². The third-order valence-electron chi connectivity index (χ3n) is 5.29. The molecule has 1 N–H and O–H groups in total. The molecule has 0 saturated carbocycles. The fourth-order valence-electron chi connectivity index (χ4n) is 3.81. The molecule has 2 aliphatic rings. The smallest absolute Gasteiger partial charge is 0.254 e. The maximum atomic E-state index is 12.1. The summed E-state index contributed by atoms with van der Waals surface area (Å²) in [4.78, 5) is 18.9. The molecule has 4 heterocycles. The molecule has 1 amide bonds. The molecule has 2 fully saturated rings. The summed E-state index contributed by atoms with van der Waals surface area (Å²) >= 11 is 0. The first kappa shape index (κ1) is 17.2. The van der Waals surface area contributed by atoms with Gasteiger partial charge in [0.2, 0.25) is 0 Å². The summed E-state index contributed by atoms with van der Waals surface area (Å²) in [5.74, 6) is 0.314. The Morgan fingerprint density at radius 1 is 1.42 bits per heavy atom. The highest BCUT2D eigenvalue weighted by Crippen LogP contribution is 2.36. The summed E-state index contributed by atoms with van der Waals surface area (Å²) in [5.41, 5.74) is 1.72. The number of nitrogens with one attached hydrogen (secondary N) is 1. The van der Waals surface area contributed by atoms with Crippen molar-refractivity contribution in [1.82, 2.24) is 25.0 Å². The molecule has 2 aromatic rings. The lowest BCUT2D eigenvalue weighted by Gasteiger charge is -2.52. The lowest BCUT2D eigenvalue weighted by molar-refractivity contribution is -0.181. The standard InChI is InChI=1S/C19H25N5O2/c1-23-10-16(9-22-23)18(25)21-8-15-5-6-19(26-12-15)13-24(14-19)11-17-4-2-3-7-20-17/h2-4,7,9-10,15H,5-6,8,11-14H2,1H3,(H,21,25). The van der Waals surface area contributed by atoms with Crippen LogP contribution in [0.3, 0.4) is 0 Å². The van der Waals surface area contributed by atoms with Crippen molar-refractivity contribution in [3.05, 3.63) is 48.0 Å². The quantitative estimate of drug-likeness (QED) is 0.873. The van der Waals surface area contributed by atoms with Gasteiger partial charge in [0.15, 0.2) is 0 Å². The molecular formula is C19H25N5O2. The molecule has 0 radical (unpaired) electrons. The maximum Gasteiger partial charge on any atom is 0.254 e. The molecule has 1 spiro atoms. The summed E-state index contributed by atoms with van der Waals surface area (Å²) in [6, 6.07) is 6.03. The van der Waals surface area contributed by atoms with Gasteiger partial charge in [0.1, 0.15) is 0 Å². The zero-order valence-corrected chi connectivity index (χ0v) is 15.1. The van der Waals surface area contributed by atoms with Crippen molar-refractivity contribution >= 4 is 5.91 Å². The van der Waals surface area contributed by atoms with Crippen LogP contribution in [0.5, 0.6) is 0 Å². The van der Waals surface area contributed by atoms with E-state index in [0.29, 0.717) is 24.6 Å². The zero-order chi connectivity index (χ0) is 18.0. The second-order valence-corrected chi connectivity index (χ2v) is 7.48. The van der Waals surface area contributed by atoms with Gasteiger partial charge in [-0.2, -0.15) is 5.10 Å². The Hall–Kier alpha value is -2.25. The first-order valence-corrected chi connectivity index (χ1v) is 9.15. The number of aromatic nitrogens is 3. The first-order chi connectivity index (χ1) is 12.6. The molecule has 7 nitrogen and oxygen atoms in total. The van der Waals surface area contributed by atoms with Gasteiger partial charge in [0.25, 0.3) is 5.91 Å². The zero-order valence-electron chi connectivity index (χ0n) is 15.1. The van der Waals surface area contributed by atoms with Crippen LogP contribution in [-0.4, -0.2) is 57.4 Å². The summed E-state index contributed by atoms with van der Waals surface area (Å²) < 4.78 is 7.83. The lowest BCUT2D eigenvalue weighted by Crippen LogP contribution is -2.64. The van der Waals surface area contributed by atoms with E-state index in [4.69, 9.17) is 4.74 Å². The van der Waals surface area contributed by atoms with Gasteiger partial charge in [0.05, 0.1) is 29.7 Å². The Balaban J connectivity index is 1.18. The minimum Gasteiger partial charge on any atom is -0.372 e. The van der Waals surface area contributed by atoms with Gasteiger partial charge >= 0.3 is 0 Å². The Morgan fingerprint density at radius 2 is 2.31 bits per heavy atom. The number of pyridine rings is 1. The molecule has 7 heteroatoms. The van der Waals surface area contributed by atoms with E-state index in [1.54, 1.807) is 24.1 Å². The number of ether oxygens (including phenoxy) is 1. The van der Waals surface area contributed by atoms with Crippen molar-refractivity contribution in [2.24, 2.45) is 13.0 Å². The highest BCUT2D eigenvalue weighted by molar-refractivity contribution is 5.93. The molecule has 2 saturated heterocycles. The van der Waals surface area contributed by atoms with Crippen LogP contribution in [0, 0.1) is 5.92 Å². The topological polar surface area (TPSA) is 72.3 Å². The number of carbonyl (C=O) groups excluding carboxylic acids is 1. The van der Waals surface area contributed by atoms with E-state index in [0.717, 1.165) is 38.2 Å². The molecule has 1 unspecified atom stereocenters. The lowest BCUT2D eigenvalue weighted by atomic mass is 9.83. The Kier molecular flexibility index (Phi) is 4.74. The van der Waals surface area contributed by atoms with Crippen molar-refractivity contribution in [3.8, 4) is 0 Å². The Morgan fingerprint density at radius 3 is 2.96 bits per heavy atom. The number of carbonyl (C=O) groups is 1. The number of nitrogens with zero attached hydrogens (tertiary/aromatic N) is 4. The van der Waals surface area contributed by atoms with Gasteiger partial charge in [-0.1, -0.05) is 6.07 Å². The molecule has 138 valence electrons. The van der Waals surface area contributed by atoms with Crippen LogP contribution in [0.15, 0.2) is 36.8 Å². The van der Waals surface area contributed by atoms with Crippen molar-refractivity contribution in [3.63, 3.8) is 0 Å². The number of rotatable bonds is 5. The van der Waals surface area contributed by atoms with Crippen LogP contribution >= 0.6 is 0 Å². The van der Waals surface area contributed by atoms with E-state index in [1.807, 2.05) is 18.3 Å². The Bertz CT molecular complexity index is 744. The van der Waals surface area contributed by atoms with E-state index in [-0.39, 0.29) is 11.5 Å². The second-order valence-electron chi connectivity index (χ2n) is 7.48. The average molecular weight is 355 g/mol. The number of amides is 1. The van der Waals surface area contributed by atoms with E-state index in [2.05, 4.69) is 26.4 Å². The van der Waals surface area contributed by atoms with Crippen molar-refractivity contribution in [2.75, 3.05) is 26.2 Å². The van der Waals surface area contributed by atoms with Crippen LogP contribution < -0.4 is 5.32 Å². The normalized spacial score (nSPS) is 22.1. The highest BCUT2D eigenvalue weighted by Gasteiger charge is 2.46. The summed E-state index contributed by atoms with van der Waals surface area (Å²) in [6.45, 7) is 4.19. The molecule has 2 aliphatic heterocycles. The third kappa shape index (κ3) is 3.78. The molecule has 2 aromatic heterocycles. The average Bonchev–Trinajstić information content (AvgIpc) is 3.07. The summed E-state index contributed by atoms with van der Waals surface area (Å²) in [7, 11) is 1.81. The van der Waals surface area contributed by atoms with Crippen molar-refractivity contribution in [1.29, 1.82) is 0 Å². The van der Waals surface area contributed by atoms with Gasteiger partial charge in [-0.25, -0.2) is 0 Å². The predicted octanol–water partition coefficient (Wildman–Crippen LogP) is 1.23. The van der Waals surface area contributed by atoms with Gasteiger partial charge in [-0.15, -0.1) is 0 Å². The monoisotopic (exact) mass is 355 g/mol. The minimum atomic E-state index is -0.0661. The van der Waals surface area contributed by atoms with E-state index < -0.39 is 0 Å². The van der Waals surface area contributed by atoms with Crippen LogP contribution in [-0.2, 0) is 18.3 Å². The molecule has 0 bridgehead atoms. The summed E-state index contributed by atoms with van der Waals surface area (Å²) in [6.07, 6.45) is 7.30. The predicted molar refractivity (Wildman–Crippen MR) is 96.5 cm³/mol. The van der Waals surface area contributed by atoms with Crippen LogP contribution in [0.25, 0.3) is 0 Å². The molecule has 1 atom stereocenters. The van der Waals surface area contributed by atoms with Crippen LogP contribution in [0.1, 0.15) is 28.9 Å². The fourth-order valence-corrected chi connectivity index (χ4v) is 3.81.